The van der Waals surface area contributed by atoms with Crippen molar-refractivity contribution in [1.82, 2.24) is 5.01 Å². The SMILES string of the molecule is CN(N=C1CCCCCC1)C(N)=O. The Hall–Kier alpha value is -1.06. The number of nitrogens with zero attached hydrogens (tertiary/aromatic N) is 2. The summed E-state index contributed by atoms with van der Waals surface area (Å²) in [6.45, 7) is 0. The quantitative estimate of drug-likeness (QED) is 0.488. The smallest absolute Gasteiger partial charge is 0.334 e. The van der Waals surface area contributed by atoms with E-state index >= 15 is 0 Å². The highest BCUT2D eigenvalue weighted by Gasteiger charge is 2.08. The first kappa shape index (κ1) is 10.0. The molecule has 0 radical (unpaired) electrons. The highest BCUT2D eigenvalue weighted by Crippen LogP contribution is 2.15. The van der Waals surface area contributed by atoms with Crippen LogP contribution in [0.25, 0.3) is 0 Å². The van der Waals surface area contributed by atoms with Crippen molar-refractivity contribution in [2.75, 3.05) is 7.05 Å². The molecule has 1 fully saturated rings. The monoisotopic (exact) mass is 183 g/mol. The molecule has 1 aliphatic carbocycles. The second-order valence-corrected chi connectivity index (χ2v) is 3.44. The van der Waals surface area contributed by atoms with Crippen LogP contribution < -0.4 is 5.73 Å². The Morgan fingerprint density at radius 2 is 1.85 bits per heavy atom. The van der Waals surface area contributed by atoms with Gasteiger partial charge in [-0.15, -0.1) is 0 Å². The molecule has 0 heterocycles. The Kier molecular flexibility index (Phi) is 3.73. The molecule has 4 nitrogen and oxygen atoms in total. The predicted octanol–water partition coefficient (Wildman–Crippen LogP) is 1.71. The number of hydrazone groups is 1. The van der Waals surface area contributed by atoms with Crippen molar-refractivity contribution in [2.24, 2.45) is 10.8 Å². The van der Waals surface area contributed by atoms with Crippen LogP contribution in [0.5, 0.6) is 0 Å². The molecule has 1 aliphatic rings. The van der Waals surface area contributed by atoms with Crippen LogP contribution >= 0.6 is 0 Å². The lowest BCUT2D eigenvalue weighted by Crippen LogP contribution is -2.28. The minimum Gasteiger partial charge on any atom is -0.350 e. The van der Waals surface area contributed by atoms with Gasteiger partial charge in [-0.05, 0) is 25.7 Å². The molecule has 0 aromatic heterocycles. The topological polar surface area (TPSA) is 58.7 Å². The standard InChI is InChI=1S/C9H17N3O/c1-12(9(10)13)11-8-6-4-2-3-5-7-8/h2-7H2,1H3,(H2,10,13). The van der Waals surface area contributed by atoms with E-state index in [9.17, 15) is 4.79 Å². The molecular formula is C9H17N3O. The van der Waals surface area contributed by atoms with Crippen molar-refractivity contribution in [3.8, 4) is 0 Å². The van der Waals surface area contributed by atoms with Crippen LogP contribution in [-0.2, 0) is 0 Å². The zero-order valence-electron chi connectivity index (χ0n) is 8.12. The number of carbonyl (C=O) groups is 1. The van der Waals surface area contributed by atoms with Crippen LogP contribution in [0.1, 0.15) is 38.5 Å². The first-order valence-electron chi connectivity index (χ1n) is 4.79. The molecule has 0 unspecified atom stereocenters. The number of hydrogen-bond donors (Lipinski definition) is 1. The van der Waals surface area contributed by atoms with Gasteiger partial charge in [-0.1, -0.05) is 12.8 Å². The summed E-state index contributed by atoms with van der Waals surface area (Å²) in [6, 6.07) is -0.489. The van der Waals surface area contributed by atoms with Gasteiger partial charge in [0.15, 0.2) is 0 Å². The molecule has 1 saturated carbocycles. The second kappa shape index (κ2) is 4.84. The van der Waals surface area contributed by atoms with Gasteiger partial charge in [0.1, 0.15) is 0 Å². The van der Waals surface area contributed by atoms with Gasteiger partial charge in [0.25, 0.3) is 0 Å². The van der Waals surface area contributed by atoms with Gasteiger partial charge in [0.05, 0.1) is 0 Å². The van der Waals surface area contributed by atoms with Crippen molar-refractivity contribution >= 4 is 11.7 Å². The summed E-state index contributed by atoms with van der Waals surface area (Å²) < 4.78 is 0. The van der Waals surface area contributed by atoms with Crippen molar-refractivity contribution in [1.29, 1.82) is 0 Å². The molecule has 0 aromatic rings. The van der Waals surface area contributed by atoms with E-state index in [0.717, 1.165) is 18.6 Å². The Balaban J connectivity index is 2.52. The van der Waals surface area contributed by atoms with Gasteiger partial charge in [-0.3, -0.25) is 0 Å². The Bertz CT molecular complexity index is 203. The summed E-state index contributed by atoms with van der Waals surface area (Å²) in [5, 5.41) is 5.39. The van der Waals surface area contributed by atoms with E-state index in [2.05, 4.69) is 5.10 Å². The molecule has 0 atom stereocenters. The molecular weight excluding hydrogens is 166 g/mol. The number of nitrogens with two attached hydrogens (primary N) is 1. The van der Waals surface area contributed by atoms with E-state index < -0.39 is 6.03 Å². The largest absolute Gasteiger partial charge is 0.350 e. The van der Waals surface area contributed by atoms with Gasteiger partial charge in [0.2, 0.25) is 0 Å². The lowest BCUT2D eigenvalue weighted by Gasteiger charge is -2.09. The molecule has 4 heteroatoms. The summed E-state index contributed by atoms with van der Waals surface area (Å²) in [5.41, 5.74) is 6.18. The summed E-state index contributed by atoms with van der Waals surface area (Å²) in [5.74, 6) is 0. The Morgan fingerprint density at radius 3 is 2.31 bits per heavy atom. The highest BCUT2D eigenvalue weighted by atomic mass is 16.2. The first-order chi connectivity index (χ1) is 6.20. The third kappa shape index (κ3) is 3.44. The molecule has 0 aliphatic heterocycles. The predicted molar refractivity (Wildman–Crippen MR) is 52.5 cm³/mol. The number of amides is 2. The van der Waals surface area contributed by atoms with Crippen molar-refractivity contribution < 1.29 is 4.79 Å². The van der Waals surface area contributed by atoms with Gasteiger partial charge in [-0.2, -0.15) is 5.10 Å². The minimum atomic E-state index is -0.489. The van der Waals surface area contributed by atoms with Crippen molar-refractivity contribution in [3.63, 3.8) is 0 Å². The van der Waals surface area contributed by atoms with E-state index in [0.29, 0.717) is 0 Å². The van der Waals surface area contributed by atoms with Crippen LogP contribution in [0.2, 0.25) is 0 Å². The number of carbonyl (C=O) groups excluding carboxylic acids is 1. The van der Waals surface area contributed by atoms with E-state index in [1.54, 1.807) is 7.05 Å². The molecule has 2 amide bonds. The maximum Gasteiger partial charge on any atom is 0.334 e. The number of primary amides is 1. The van der Waals surface area contributed by atoms with Gasteiger partial charge in [0, 0.05) is 12.8 Å². The molecule has 0 aromatic carbocycles. The number of rotatable bonds is 1. The van der Waals surface area contributed by atoms with Crippen LogP contribution in [0, 0.1) is 0 Å². The van der Waals surface area contributed by atoms with Crippen LogP contribution in [-0.4, -0.2) is 23.8 Å². The number of urea groups is 1. The molecule has 74 valence electrons. The van der Waals surface area contributed by atoms with Gasteiger partial charge >= 0.3 is 6.03 Å². The van der Waals surface area contributed by atoms with Crippen molar-refractivity contribution in [3.05, 3.63) is 0 Å². The lowest BCUT2D eigenvalue weighted by atomic mass is 10.2. The van der Waals surface area contributed by atoms with Crippen LogP contribution in [0.4, 0.5) is 4.79 Å². The fraction of sp³-hybridized carbons (Fsp3) is 0.778. The van der Waals surface area contributed by atoms with E-state index in [4.69, 9.17) is 5.73 Å². The molecule has 1 rings (SSSR count). The summed E-state index contributed by atoms with van der Waals surface area (Å²) >= 11 is 0. The summed E-state index contributed by atoms with van der Waals surface area (Å²) in [7, 11) is 1.60. The maximum absolute atomic E-state index is 10.7. The second-order valence-electron chi connectivity index (χ2n) is 3.44. The minimum absolute atomic E-state index is 0.489. The van der Waals surface area contributed by atoms with E-state index in [1.807, 2.05) is 0 Å². The van der Waals surface area contributed by atoms with E-state index in [-0.39, 0.29) is 0 Å². The van der Waals surface area contributed by atoms with Crippen molar-refractivity contribution in [2.45, 2.75) is 38.5 Å². The highest BCUT2D eigenvalue weighted by molar-refractivity contribution is 5.85. The molecule has 2 N–H and O–H groups in total. The average Bonchev–Trinajstić information content (AvgIpc) is 2.32. The Labute approximate surface area is 78.8 Å². The third-order valence-electron chi connectivity index (χ3n) is 2.29. The Morgan fingerprint density at radius 1 is 1.31 bits per heavy atom. The summed E-state index contributed by atoms with van der Waals surface area (Å²) in [6.07, 6.45) is 6.95. The molecule has 0 spiro atoms. The average molecular weight is 183 g/mol. The van der Waals surface area contributed by atoms with Crippen LogP contribution in [0.3, 0.4) is 0 Å². The van der Waals surface area contributed by atoms with E-state index in [1.165, 1.54) is 30.7 Å². The van der Waals surface area contributed by atoms with Crippen LogP contribution in [0.15, 0.2) is 5.10 Å². The zero-order valence-corrected chi connectivity index (χ0v) is 8.12. The number of hydrogen-bond acceptors (Lipinski definition) is 2. The van der Waals surface area contributed by atoms with Gasteiger partial charge in [-0.25, -0.2) is 9.80 Å². The fourth-order valence-corrected chi connectivity index (χ4v) is 1.50. The third-order valence-corrected chi connectivity index (χ3v) is 2.29. The maximum atomic E-state index is 10.7. The molecule has 0 saturated heterocycles. The first-order valence-corrected chi connectivity index (χ1v) is 4.79. The summed E-state index contributed by atoms with van der Waals surface area (Å²) in [4.78, 5) is 10.7. The normalized spacial score (nSPS) is 17.8. The fourth-order valence-electron chi connectivity index (χ4n) is 1.50. The zero-order chi connectivity index (χ0) is 9.68. The lowest BCUT2D eigenvalue weighted by molar-refractivity contribution is 0.220. The van der Waals surface area contributed by atoms with Gasteiger partial charge < -0.3 is 5.73 Å². The molecule has 13 heavy (non-hydrogen) atoms. The molecule has 0 bridgehead atoms.